The van der Waals surface area contributed by atoms with E-state index in [0.717, 1.165) is 19.3 Å². The van der Waals surface area contributed by atoms with Gasteiger partial charge in [-0.15, -0.1) is 0 Å². The third kappa shape index (κ3) is 9.76. The Kier molecular flexibility index (Phi) is 8.52. The van der Waals surface area contributed by atoms with Crippen LogP contribution in [0.25, 0.3) is 0 Å². The summed E-state index contributed by atoms with van der Waals surface area (Å²) in [7, 11) is 0. The summed E-state index contributed by atoms with van der Waals surface area (Å²) in [5, 5.41) is 0. The molecule has 0 saturated carbocycles. The van der Waals surface area contributed by atoms with Crippen molar-refractivity contribution in [2.45, 2.75) is 121 Å². The van der Waals surface area contributed by atoms with Crippen molar-refractivity contribution in [2.75, 3.05) is 33.0 Å². The molecule has 0 aromatic heterocycles. The van der Waals surface area contributed by atoms with Gasteiger partial charge in [-0.25, -0.2) is 0 Å². The molecule has 2 rings (SSSR count). The van der Waals surface area contributed by atoms with Gasteiger partial charge >= 0.3 is 0 Å². The standard InChI is InChI=1S/C28H54O5/c1-22(2,3)13-14-27(15-23(4,5)6)29-18-26(19-30-27)20-32-28(33-21-26,16-24(7,8)9)31-17-25(10,11)12/h13-21H2,1-12H3. The Morgan fingerprint density at radius 2 is 1.03 bits per heavy atom. The molecule has 0 N–H and O–H groups in total. The average Bonchev–Trinajstić information content (AvgIpc) is 2.60. The number of ether oxygens (including phenoxy) is 5. The van der Waals surface area contributed by atoms with Crippen LogP contribution in [0.5, 0.6) is 0 Å². The summed E-state index contributed by atoms with van der Waals surface area (Å²) >= 11 is 0. The van der Waals surface area contributed by atoms with Crippen LogP contribution < -0.4 is 0 Å². The van der Waals surface area contributed by atoms with Gasteiger partial charge in [0.25, 0.3) is 5.97 Å². The fourth-order valence-corrected chi connectivity index (χ4v) is 4.35. The van der Waals surface area contributed by atoms with E-state index in [1.165, 1.54) is 0 Å². The van der Waals surface area contributed by atoms with E-state index in [4.69, 9.17) is 23.7 Å². The van der Waals surface area contributed by atoms with Crippen molar-refractivity contribution in [1.29, 1.82) is 0 Å². The molecule has 0 amide bonds. The minimum Gasteiger partial charge on any atom is -0.349 e. The first-order valence-electron chi connectivity index (χ1n) is 12.9. The lowest BCUT2D eigenvalue weighted by atomic mass is 9.80. The molecule has 2 aliphatic heterocycles. The van der Waals surface area contributed by atoms with E-state index < -0.39 is 11.8 Å². The summed E-state index contributed by atoms with van der Waals surface area (Å²) in [6, 6.07) is 0. The predicted molar refractivity (Wildman–Crippen MR) is 134 cm³/mol. The second kappa shape index (κ2) is 9.69. The van der Waals surface area contributed by atoms with Gasteiger partial charge in [0.1, 0.15) is 0 Å². The molecule has 0 aromatic rings. The van der Waals surface area contributed by atoms with Gasteiger partial charge in [0.2, 0.25) is 0 Å². The highest BCUT2D eigenvalue weighted by Gasteiger charge is 2.53. The van der Waals surface area contributed by atoms with Gasteiger partial charge in [-0.2, -0.15) is 0 Å². The highest BCUT2D eigenvalue weighted by molar-refractivity contribution is 4.92. The van der Waals surface area contributed by atoms with Gasteiger partial charge in [-0.05, 0) is 28.1 Å². The zero-order chi connectivity index (χ0) is 25.4. The van der Waals surface area contributed by atoms with Crippen molar-refractivity contribution in [3.05, 3.63) is 0 Å². The third-order valence-corrected chi connectivity index (χ3v) is 6.01. The topological polar surface area (TPSA) is 46.2 Å². The Balaban J connectivity index is 2.09. The fourth-order valence-electron chi connectivity index (χ4n) is 4.35. The van der Waals surface area contributed by atoms with Crippen molar-refractivity contribution in [1.82, 2.24) is 0 Å². The highest BCUT2D eigenvalue weighted by Crippen LogP contribution is 2.46. The summed E-state index contributed by atoms with van der Waals surface area (Å²) in [5.74, 6) is -1.55. The zero-order valence-corrected chi connectivity index (χ0v) is 23.9. The van der Waals surface area contributed by atoms with Crippen molar-refractivity contribution >= 4 is 0 Å². The van der Waals surface area contributed by atoms with E-state index >= 15 is 0 Å². The van der Waals surface area contributed by atoms with Crippen LogP contribution >= 0.6 is 0 Å². The van der Waals surface area contributed by atoms with Crippen LogP contribution in [0, 0.1) is 27.1 Å². The normalized spacial score (nSPS) is 32.4. The Morgan fingerprint density at radius 1 is 0.576 bits per heavy atom. The molecule has 2 fully saturated rings. The predicted octanol–water partition coefficient (Wildman–Crippen LogP) is 7.18. The first-order chi connectivity index (χ1) is 14.7. The van der Waals surface area contributed by atoms with Crippen LogP contribution in [0.2, 0.25) is 0 Å². The largest absolute Gasteiger partial charge is 0.349 e. The molecule has 196 valence electrons. The number of rotatable bonds is 6. The van der Waals surface area contributed by atoms with Crippen LogP contribution in [-0.4, -0.2) is 44.8 Å². The van der Waals surface area contributed by atoms with E-state index in [-0.39, 0.29) is 27.1 Å². The molecule has 0 atom stereocenters. The first kappa shape index (κ1) is 29.0. The van der Waals surface area contributed by atoms with Crippen molar-refractivity contribution < 1.29 is 23.7 Å². The molecule has 5 nitrogen and oxygen atoms in total. The summed E-state index contributed by atoms with van der Waals surface area (Å²) < 4.78 is 32.3. The fraction of sp³-hybridized carbons (Fsp3) is 1.00. The maximum Gasteiger partial charge on any atom is 0.283 e. The lowest BCUT2D eigenvalue weighted by Gasteiger charge is -2.52. The van der Waals surface area contributed by atoms with E-state index in [1.54, 1.807) is 0 Å². The Morgan fingerprint density at radius 3 is 1.42 bits per heavy atom. The average molecular weight is 471 g/mol. The molecule has 2 saturated heterocycles. The molecule has 2 aliphatic rings. The Hall–Kier alpha value is -0.200. The summed E-state index contributed by atoms with van der Waals surface area (Å²) in [6.45, 7) is 29.4. The maximum atomic E-state index is 6.59. The summed E-state index contributed by atoms with van der Waals surface area (Å²) in [4.78, 5) is 0. The Bertz CT molecular complexity index is 551. The molecule has 0 bridgehead atoms. The first-order valence-corrected chi connectivity index (χ1v) is 12.9. The molecular weight excluding hydrogens is 416 g/mol. The number of hydrogen-bond acceptors (Lipinski definition) is 5. The smallest absolute Gasteiger partial charge is 0.283 e. The molecular formula is C28H54O5. The lowest BCUT2D eigenvalue weighted by Crippen LogP contribution is -2.60. The lowest BCUT2D eigenvalue weighted by molar-refractivity contribution is -0.449. The molecule has 33 heavy (non-hydrogen) atoms. The van der Waals surface area contributed by atoms with E-state index in [2.05, 4.69) is 83.1 Å². The van der Waals surface area contributed by atoms with Crippen LogP contribution in [-0.2, 0) is 23.7 Å². The molecule has 2 heterocycles. The molecule has 5 heteroatoms. The third-order valence-electron chi connectivity index (χ3n) is 6.01. The number of hydrogen-bond donors (Lipinski definition) is 0. The van der Waals surface area contributed by atoms with Gasteiger partial charge in [-0.3, -0.25) is 0 Å². The minimum absolute atomic E-state index is 0.0107. The van der Waals surface area contributed by atoms with E-state index in [1.807, 2.05) is 0 Å². The molecule has 0 aliphatic carbocycles. The summed E-state index contributed by atoms with van der Waals surface area (Å²) in [6.07, 6.45) is 3.50. The van der Waals surface area contributed by atoms with Crippen molar-refractivity contribution in [3.63, 3.8) is 0 Å². The summed E-state index contributed by atoms with van der Waals surface area (Å²) in [5.41, 5.74) is 0.0984. The zero-order valence-electron chi connectivity index (χ0n) is 23.9. The van der Waals surface area contributed by atoms with E-state index in [0.29, 0.717) is 39.5 Å². The van der Waals surface area contributed by atoms with Gasteiger partial charge in [-0.1, -0.05) is 83.1 Å². The van der Waals surface area contributed by atoms with Gasteiger partial charge in [0.15, 0.2) is 5.79 Å². The molecule has 0 unspecified atom stereocenters. The molecule has 1 spiro atoms. The Labute approximate surface area is 204 Å². The highest BCUT2D eigenvalue weighted by atomic mass is 16.9. The quantitative estimate of drug-likeness (QED) is 0.411. The second-order valence-corrected chi connectivity index (χ2v) is 15.6. The molecule has 0 aromatic carbocycles. The van der Waals surface area contributed by atoms with Crippen molar-refractivity contribution in [3.8, 4) is 0 Å². The van der Waals surface area contributed by atoms with Crippen LogP contribution in [0.4, 0.5) is 0 Å². The van der Waals surface area contributed by atoms with Gasteiger partial charge in [0.05, 0.1) is 38.4 Å². The molecule has 0 radical (unpaired) electrons. The van der Waals surface area contributed by atoms with Crippen LogP contribution in [0.1, 0.15) is 109 Å². The van der Waals surface area contributed by atoms with Gasteiger partial charge in [0, 0.05) is 19.3 Å². The second-order valence-electron chi connectivity index (χ2n) is 15.6. The maximum absolute atomic E-state index is 6.59. The van der Waals surface area contributed by atoms with E-state index in [9.17, 15) is 0 Å². The van der Waals surface area contributed by atoms with Crippen molar-refractivity contribution in [2.24, 2.45) is 27.1 Å². The van der Waals surface area contributed by atoms with Gasteiger partial charge < -0.3 is 23.7 Å². The van der Waals surface area contributed by atoms with Crippen LogP contribution in [0.3, 0.4) is 0 Å². The van der Waals surface area contributed by atoms with Crippen LogP contribution in [0.15, 0.2) is 0 Å². The monoisotopic (exact) mass is 470 g/mol. The minimum atomic E-state index is -1.01. The SMILES string of the molecule is CC(C)(C)CCC1(CC(C)(C)C)OCC2(CO1)COC(CC(C)(C)C)(OCC(C)(C)C)OC2.